The van der Waals surface area contributed by atoms with Crippen molar-refractivity contribution in [2.75, 3.05) is 27.2 Å². The number of likely N-dealkylation sites (tertiary alicyclic amines) is 1. The van der Waals surface area contributed by atoms with Gasteiger partial charge in [0, 0.05) is 13.1 Å². The molecule has 0 aliphatic carbocycles. The second-order valence-corrected chi connectivity index (χ2v) is 5.50. The van der Waals surface area contributed by atoms with Crippen LogP contribution < -0.4 is 9.47 Å². The van der Waals surface area contributed by atoms with Gasteiger partial charge in [-0.25, -0.2) is 4.79 Å². The van der Waals surface area contributed by atoms with Crippen molar-refractivity contribution in [3.63, 3.8) is 0 Å². The van der Waals surface area contributed by atoms with Crippen molar-refractivity contribution in [3.05, 3.63) is 23.8 Å². The number of aromatic carboxylic acids is 1. The van der Waals surface area contributed by atoms with Crippen molar-refractivity contribution in [3.8, 4) is 11.5 Å². The van der Waals surface area contributed by atoms with Crippen LogP contribution in [-0.2, 0) is 0 Å². The molecule has 0 atom stereocenters. The van der Waals surface area contributed by atoms with Gasteiger partial charge in [0.15, 0.2) is 11.5 Å². The lowest BCUT2D eigenvalue weighted by molar-refractivity contribution is 0.0205. The van der Waals surface area contributed by atoms with Crippen LogP contribution in [0.1, 0.15) is 30.1 Å². The van der Waals surface area contributed by atoms with Gasteiger partial charge in [0.2, 0.25) is 0 Å². The maximum atomic E-state index is 11.3. The lowest BCUT2D eigenvalue weighted by atomic mass is 9.93. The first-order valence-corrected chi connectivity index (χ1v) is 6.73. The molecule has 1 fully saturated rings. The van der Waals surface area contributed by atoms with E-state index < -0.39 is 5.97 Å². The van der Waals surface area contributed by atoms with Crippen molar-refractivity contribution in [1.82, 2.24) is 4.90 Å². The van der Waals surface area contributed by atoms with Crippen LogP contribution >= 0.6 is 0 Å². The van der Waals surface area contributed by atoms with Crippen molar-refractivity contribution in [1.29, 1.82) is 0 Å². The summed E-state index contributed by atoms with van der Waals surface area (Å²) in [7, 11) is 3.59. The Morgan fingerprint density at radius 2 is 2.00 bits per heavy atom. The molecule has 0 aromatic heterocycles. The van der Waals surface area contributed by atoms with E-state index in [0.717, 1.165) is 25.9 Å². The lowest BCUT2D eigenvalue weighted by Crippen LogP contribution is -2.44. The molecule has 5 nitrogen and oxygen atoms in total. The summed E-state index contributed by atoms with van der Waals surface area (Å²) in [6.07, 6.45) is 1.72. The van der Waals surface area contributed by atoms with Gasteiger partial charge in [0.05, 0.1) is 7.11 Å². The molecule has 20 heavy (non-hydrogen) atoms. The molecule has 0 amide bonds. The van der Waals surface area contributed by atoms with Crippen molar-refractivity contribution >= 4 is 5.97 Å². The Morgan fingerprint density at radius 1 is 1.35 bits per heavy atom. The van der Waals surface area contributed by atoms with Crippen LogP contribution in [-0.4, -0.2) is 48.8 Å². The van der Waals surface area contributed by atoms with E-state index >= 15 is 0 Å². The lowest BCUT2D eigenvalue weighted by Gasteiger charge is -2.38. The quantitative estimate of drug-likeness (QED) is 0.916. The summed E-state index contributed by atoms with van der Waals surface area (Å²) >= 11 is 0. The highest BCUT2D eigenvalue weighted by Crippen LogP contribution is 2.37. The smallest absolute Gasteiger partial charge is 0.339 e. The molecule has 1 aromatic rings. The van der Waals surface area contributed by atoms with Crippen LogP contribution in [0.4, 0.5) is 0 Å². The van der Waals surface area contributed by atoms with Crippen LogP contribution in [0.3, 0.4) is 0 Å². The molecule has 1 aliphatic rings. The molecule has 0 radical (unpaired) electrons. The molecule has 5 heteroatoms. The normalized spacial score (nSPS) is 18.6. The molecule has 0 unspecified atom stereocenters. The van der Waals surface area contributed by atoms with Crippen LogP contribution in [0.25, 0.3) is 0 Å². The highest BCUT2D eigenvalue weighted by Gasteiger charge is 2.33. The Hall–Kier alpha value is -1.75. The number of methoxy groups -OCH3 is 1. The number of para-hydroxylation sites is 1. The maximum Gasteiger partial charge on any atom is 0.339 e. The Balaban J connectivity index is 2.30. The second kappa shape index (κ2) is 5.71. The van der Waals surface area contributed by atoms with Gasteiger partial charge in [-0.3, -0.25) is 0 Å². The van der Waals surface area contributed by atoms with Crippen LogP contribution in [0, 0.1) is 0 Å². The average Bonchev–Trinajstić information content (AvgIpc) is 2.42. The predicted molar refractivity (Wildman–Crippen MR) is 75.7 cm³/mol. The summed E-state index contributed by atoms with van der Waals surface area (Å²) in [4.78, 5) is 13.6. The summed E-state index contributed by atoms with van der Waals surface area (Å²) in [6, 6.07) is 4.92. The molecule has 1 aliphatic heterocycles. The zero-order valence-electron chi connectivity index (χ0n) is 12.2. The Bertz CT molecular complexity index is 493. The zero-order valence-corrected chi connectivity index (χ0v) is 12.2. The topological polar surface area (TPSA) is 59.0 Å². The van der Waals surface area contributed by atoms with E-state index in [4.69, 9.17) is 9.47 Å². The van der Waals surface area contributed by atoms with Crippen LogP contribution in [0.15, 0.2) is 18.2 Å². The molecule has 1 heterocycles. The number of rotatable bonds is 4. The fourth-order valence-corrected chi connectivity index (χ4v) is 2.39. The molecular weight excluding hydrogens is 258 g/mol. The summed E-state index contributed by atoms with van der Waals surface area (Å²) in [5.41, 5.74) is -0.213. The van der Waals surface area contributed by atoms with E-state index in [1.54, 1.807) is 18.2 Å². The highest BCUT2D eigenvalue weighted by molar-refractivity contribution is 5.92. The second-order valence-electron chi connectivity index (χ2n) is 5.50. The minimum absolute atomic E-state index is 0.143. The summed E-state index contributed by atoms with van der Waals surface area (Å²) in [5.74, 6) is -0.213. The third-order valence-electron chi connectivity index (χ3n) is 3.82. The van der Waals surface area contributed by atoms with E-state index in [1.165, 1.54) is 7.11 Å². The number of benzene rings is 1. The SMILES string of the molecule is COc1cccc(C(=O)O)c1OC1(C)CCN(C)CC1. The largest absolute Gasteiger partial charge is 0.493 e. The van der Waals surface area contributed by atoms with E-state index in [-0.39, 0.29) is 11.2 Å². The molecular formula is C15H21NO4. The first kappa shape index (κ1) is 14.7. The molecule has 1 N–H and O–H groups in total. The first-order valence-electron chi connectivity index (χ1n) is 6.73. The number of hydrogen-bond donors (Lipinski definition) is 1. The van der Waals surface area contributed by atoms with Gasteiger partial charge in [-0.15, -0.1) is 0 Å². The maximum absolute atomic E-state index is 11.3. The number of hydrogen-bond acceptors (Lipinski definition) is 4. The zero-order chi connectivity index (χ0) is 14.8. The van der Waals surface area contributed by atoms with Gasteiger partial charge in [0.25, 0.3) is 0 Å². The van der Waals surface area contributed by atoms with Crippen molar-refractivity contribution in [2.24, 2.45) is 0 Å². The summed E-state index contributed by atoms with van der Waals surface area (Å²) in [6.45, 7) is 3.90. The number of ether oxygens (including phenoxy) is 2. The number of nitrogens with zero attached hydrogens (tertiary/aromatic N) is 1. The number of carboxylic acids is 1. The molecule has 0 spiro atoms. The minimum Gasteiger partial charge on any atom is -0.493 e. The number of carbonyl (C=O) groups is 1. The van der Waals surface area contributed by atoms with Crippen molar-refractivity contribution in [2.45, 2.75) is 25.4 Å². The number of carboxylic acid groups (broad SMARTS) is 1. The van der Waals surface area contributed by atoms with E-state index in [0.29, 0.717) is 11.5 Å². The molecule has 110 valence electrons. The third kappa shape index (κ3) is 3.04. The molecule has 2 rings (SSSR count). The van der Waals surface area contributed by atoms with Gasteiger partial charge in [-0.2, -0.15) is 0 Å². The van der Waals surface area contributed by atoms with Gasteiger partial charge in [0.1, 0.15) is 11.2 Å². The van der Waals surface area contributed by atoms with Crippen LogP contribution in [0.5, 0.6) is 11.5 Å². The van der Waals surface area contributed by atoms with E-state index in [9.17, 15) is 9.90 Å². The summed E-state index contributed by atoms with van der Waals surface area (Å²) in [5, 5.41) is 9.30. The van der Waals surface area contributed by atoms with Crippen LogP contribution in [0.2, 0.25) is 0 Å². The van der Waals surface area contributed by atoms with Crippen molar-refractivity contribution < 1.29 is 19.4 Å². The van der Waals surface area contributed by atoms with E-state index in [2.05, 4.69) is 11.9 Å². The standard InChI is InChI=1S/C15H21NO4/c1-15(7-9-16(2)10-8-15)20-13-11(14(17)18)5-4-6-12(13)19-3/h4-6H,7-10H2,1-3H3,(H,17,18). The summed E-state index contributed by atoms with van der Waals surface area (Å²) < 4.78 is 11.3. The van der Waals surface area contributed by atoms with E-state index in [1.807, 2.05) is 6.92 Å². The monoisotopic (exact) mass is 279 g/mol. The Labute approximate surface area is 119 Å². The number of piperidine rings is 1. The molecule has 1 saturated heterocycles. The Morgan fingerprint density at radius 3 is 2.55 bits per heavy atom. The molecule has 0 saturated carbocycles. The van der Waals surface area contributed by atoms with Gasteiger partial charge < -0.3 is 19.5 Å². The van der Waals surface area contributed by atoms with Gasteiger partial charge in [-0.1, -0.05) is 6.07 Å². The fraction of sp³-hybridized carbons (Fsp3) is 0.533. The van der Waals surface area contributed by atoms with Gasteiger partial charge >= 0.3 is 5.97 Å². The third-order valence-corrected chi connectivity index (χ3v) is 3.82. The molecule has 0 bridgehead atoms. The Kier molecular flexibility index (Phi) is 4.18. The highest BCUT2D eigenvalue weighted by atomic mass is 16.5. The molecule has 1 aromatic carbocycles. The average molecular weight is 279 g/mol. The first-order chi connectivity index (χ1) is 9.45. The van der Waals surface area contributed by atoms with Gasteiger partial charge in [-0.05, 0) is 38.9 Å². The fourth-order valence-electron chi connectivity index (χ4n) is 2.39. The minimum atomic E-state index is -1.00. The predicted octanol–water partition coefficient (Wildman–Crippen LogP) is 2.26.